The van der Waals surface area contributed by atoms with E-state index in [4.69, 9.17) is 4.42 Å². The molecule has 0 aliphatic rings. The number of rotatable bonds is 3. The molecule has 2 aromatic heterocycles. The van der Waals surface area contributed by atoms with Gasteiger partial charge >= 0.3 is 0 Å². The lowest BCUT2D eigenvalue weighted by Gasteiger charge is -2.18. The van der Waals surface area contributed by atoms with Gasteiger partial charge in [0.05, 0.1) is 0 Å². The monoisotopic (exact) mass is 702 g/mol. The molecular weight excluding hydrogens is 673 g/mol. The SMILES string of the molecule is c1ccc(-c2c3ccccc3c(-c3ccc4cc(-c5ccc6sc7cc8ccc9c%10ccccc%10oc9c8cc7c6c5)ccc4c3)c3ccccc23)cc1. The first-order valence-corrected chi connectivity index (χ1v) is 19.3. The fraction of sp³-hybridized carbons (Fsp3) is 0. The fourth-order valence-electron chi connectivity index (χ4n) is 8.89. The summed E-state index contributed by atoms with van der Waals surface area (Å²) in [7, 11) is 0. The predicted octanol–water partition coefficient (Wildman–Crippen LogP) is 15.6. The minimum atomic E-state index is 0.934. The zero-order valence-electron chi connectivity index (χ0n) is 29.1. The molecule has 12 aromatic rings. The van der Waals surface area contributed by atoms with Gasteiger partial charge in [-0.05, 0) is 120 Å². The Morgan fingerprint density at radius 2 is 0.852 bits per heavy atom. The van der Waals surface area contributed by atoms with Crippen molar-refractivity contribution in [1.29, 1.82) is 0 Å². The van der Waals surface area contributed by atoms with Crippen LogP contribution in [0.25, 0.3) is 119 Å². The number of hydrogen-bond donors (Lipinski definition) is 0. The number of thiophene rings is 1. The van der Waals surface area contributed by atoms with E-state index >= 15 is 0 Å². The van der Waals surface area contributed by atoms with Crippen molar-refractivity contribution in [3.8, 4) is 33.4 Å². The summed E-state index contributed by atoms with van der Waals surface area (Å²) in [6.45, 7) is 0. The highest BCUT2D eigenvalue weighted by molar-refractivity contribution is 7.25. The number of furan rings is 1. The Kier molecular flexibility index (Phi) is 6.28. The molecule has 0 spiro atoms. The van der Waals surface area contributed by atoms with Gasteiger partial charge in [0.2, 0.25) is 0 Å². The van der Waals surface area contributed by atoms with E-state index in [1.54, 1.807) is 0 Å². The molecule has 250 valence electrons. The third-order valence-corrected chi connectivity index (χ3v) is 12.5. The lowest BCUT2D eigenvalue weighted by Crippen LogP contribution is -1.90. The van der Waals surface area contributed by atoms with Crippen molar-refractivity contribution < 1.29 is 4.42 Å². The van der Waals surface area contributed by atoms with E-state index in [1.807, 2.05) is 17.4 Å². The van der Waals surface area contributed by atoms with Gasteiger partial charge in [-0.25, -0.2) is 0 Å². The Balaban J connectivity index is 0.989. The van der Waals surface area contributed by atoms with Crippen LogP contribution in [0.3, 0.4) is 0 Å². The van der Waals surface area contributed by atoms with Gasteiger partial charge in [-0.1, -0.05) is 133 Å². The van der Waals surface area contributed by atoms with Crippen LogP contribution in [0.1, 0.15) is 0 Å². The van der Waals surface area contributed by atoms with Gasteiger partial charge in [-0.3, -0.25) is 0 Å². The minimum Gasteiger partial charge on any atom is -0.455 e. The summed E-state index contributed by atoms with van der Waals surface area (Å²) < 4.78 is 9.04. The normalized spacial score (nSPS) is 12.1. The van der Waals surface area contributed by atoms with Crippen molar-refractivity contribution in [3.05, 3.63) is 182 Å². The Hall–Kier alpha value is -6.74. The van der Waals surface area contributed by atoms with Crippen LogP contribution in [0, 0.1) is 0 Å². The van der Waals surface area contributed by atoms with E-state index in [0.29, 0.717) is 0 Å². The molecule has 2 heteroatoms. The maximum absolute atomic E-state index is 6.44. The van der Waals surface area contributed by atoms with Gasteiger partial charge in [0.25, 0.3) is 0 Å². The first-order valence-electron chi connectivity index (χ1n) is 18.5. The van der Waals surface area contributed by atoms with Crippen molar-refractivity contribution in [2.75, 3.05) is 0 Å². The molecule has 0 amide bonds. The van der Waals surface area contributed by atoms with Gasteiger partial charge in [-0.2, -0.15) is 0 Å². The largest absolute Gasteiger partial charge is 0.455 e. The van der Waals surface area contributed by atoms with Crippen molar-refractivity contribution in [1.82, 2.24) is 0 Å². The van der Waals surface area contributed by atoms with Crippen LogP contribution < -0.4 is 0 Å². The Morgan fingerprint density at radius 1 is 0.296 bits per heavy atom. The molecule has 0 fully saturated rings. The van der Waals surface area contributed by atoms with Gasteiger partial charge in [-0.15, -0.1) is 11.3 Å². The number of benzene rings is 10. The highest BCUT2D eigenvalue weighted by Crippen LogP contribution is 2.45. The molecule has 12 rings (SSSR count). The Morgan fingerprint density at radius 3 is 1.59 bits per heavy atom. The number of fused-ring (bicyclic) bond motifs is 11. The Bertz CT molecular complexity index is 3440. The third-order valence-electron chi connectivity index (χ3n) is 11.4. The maximum atomic E-state index is 6.44. The van der Waals surface area contributed by atoms with Crippen LogP contribution in [0.4, 0.5) is 0 Å². The van der Waals surface area contributed by atoms with Gasteiger partial charge in [0.15, 0.2) is 0 Å². The highest BCUT2D eigenvalue weighted by atomic mass is 32.1. The van der Waals surface area contributed by atoms with Gasteiger partial charge in [0, 0.05) is 36.3 Å². The number of para-hydroxylation sites is 1. The topological polar surface area (TPSA) is 13.1 Å². The third kappa shape index (κ3) is 4.38. The van der Waals surface area contributed by atoms with Gasteiger partial charge in [0.1, 0.15) is 11.2 Å². The molecule has 10 aromatic carbocycles. The molecule has 0 aliphatic carbocycles. The quantitative estimate of drug-likeness (QED) is 0.167. The molecule has 0 bridgehead atoms. The van der Waals surface area contributed by atoms with Crippen molar-refractivity contribution >= 4 is 96.5 Å². The molecule has 0 unspecified atom stereocenters. The summed E-state index contributed by atoms with van der Waals surface area (Å²) in [5, 5.41) is 14.8. The fourth-order valence-corrected chi connectivity index (χ4v) is 10.0. The smallest absolute Gasteiger partial charge is 0.143 e. The van der Waals surface area contributed by atoms with E-state index in [1.165, 1.54) is 96.6 Å². The summed E-state index contributed by atoms with van der Waals surface area (Å²) in [6, 6.07) is 66.8. The maximum Gasteiger partial charge on any atom is 0.143 e. The van der Waals surface area contributed by atoms with Crippen LogP contribution in [0.15, 0.2) is 186 Å². The van der Waals surface area contributed by atoms with Crippen LogP contribution >= 0.6 is 11.3 Å². The summed E-state index contributed by atoms with van der Waals surface area (Å²) in [5.74, 6) is 0. The lowest BCUT2D eigenvalue weighted by atomic mass is 9.85. The molecule has 1 nitrogen and oxygen atoms in total. The number of hydrogen-bond acceptors (Lipinski definition) is 2. The van der Waals surface area contributed by atoms with Crippen LogP contribution in [0.2, 0.25) is 0 Å². The van der Waals surface area contributed by atoms with Crippen LogP contribution in [0.5, 0.6) is 0 Å². The molecule has 54 heavy (non-hydrogen) atoms. The van der Waals surface area contributed by atoms with Crippen LogP contribution in [-0.2, 0) is 0 Å². The van der Waals surface area contributed by atoms with Crippen LogP contribution in [-0.4, -0.2) is 0 Å². The van der Waals surface area contributed by atoms with E-state index in [2.05, 4.69) is 176 Å². The second-order valence-electron chi connectivity index (χ2n) is 14.4. The van der Waals surface area contributed by atoms with Crippen molar-refractivity contribution in [2.24, 2.45) is 0 Å². The molecular formula is C52H30OS. The highest BCUT2D eigenvalue weighted by Gasteiger charge is 2.17. The molecule has 0 aliphatic heterocycles. The first-order chi connectivity index (χ1) is 26.7. The van der Waals surface area contributed by atoms with E-state index < -0.39 is 0 Å². The molecule has 0 saturated heterocycles. The summed E-state index contributed by atoms with van der Waals surface area (Å²) in [5.41, 5.74) is 9.41. The average Bonchev–Trinajstić information content (AvgIpc) is 3.79. The molecule has 0 N–H and O–H groups in total. The molecule has 0 atom stereocenters. The zero-order valence-corrected chi connectivity index (χ0v) is 30.0. The summed E-state index contributed by atoms with van der Waals surface area (Å²) in [6.07, 6.45) is 0. The van der Waals surface area contributed by atoms with Gasteiger partial charge < -0.3 is 4.42 Å². The summed E-state index contributed by atoms with van der Waals surface area (Å²) in [4.78, 5) is 0. The predicted molar refractivity (Wildman–Crippen MR) is 233 cm³/mol. The zero-order chi connectivity index (χ0) is 35.3. The standard InChI is InChI=1S/C52H30OS/c1-2-10-31(11-3-1)50-39-13-4-6-15-41(39)51(42-16-7-5-14-40(42)50)37-21-20-32-26-33(18-19-34(32)27-37)35-23-25-48-45(28-35)46-30-44-36(29-49(46)54-48)22-24-43-38-12-8-9-17-47(38)53-52(43)44/h1-30H. The molecule has 0 saturated carbocycles. The first kappa shape index (κ1) is 29.8. The average molecular weight is 703 g/mol. The second-order valence-corrected chi connectivity index (χ2v) is 15.5. The van der Waals surface area contributed by atoms with E-state index in [0.717, 1.165) is 21.9 Å². The minimum absolute atomic E-state index is 0.934. The molecule has 2 heterocycles. The Labute approximate surface area is 314 Å². The lowest BCUT2D eigenvalue weighted by molar-refractivity contribution is 0.673. The van der Waals surface area contributed by atoms with Crippen molar-refractivity contribution in [2.45, 2.75) is 0 Å². The van der Waals surface area contributed by atoms with E-state index in [-0.39, 0.29) is 0 Å². The summed E-state index contributed by atoms with van der Waals surface area (Å²) >= 11 is 1.86. The molecule has 0 radical (unpaired) electrons. The second kappa shape index (κ2) is 11.4. The van der Waals surface area contributed by atoms with E-state index in [9.17, 15) is 0 Å². The van der Waals surface area contributed by atoms with Crippen molar-refractivity contribution in [3.63, 3.8) is 0 Å².